The molecule has 0 saturated heterocycles. The molecule has 0 radical (unpaired) electrons. The summed E-state index contributed by atoms with van der Waals surface area (Å²) in [6, 6.07) is 6.10. The number of hydrogen-bond donors (Lipinski definition) is 2. The van der Waals surface area contributed by atoms with E-state index >= 15 is 0 Å². The van der Waals surface area contributed by atoms with Crippen LogP contribution in [0.1, 0.15) is 16.7 Å². The molecule has 0 aliphatic carbocycles. The van der Waals surface area contributed by atoms with Crippen molar-refractivity contribution in [3.05, 3.63) is 45.6 Å². The van der Waals surface area contributed by atoms with Crippen LogP contribution in [0.5, 0.6) is 5.75 Å². The molecule has 2 heterocycles. The second-order valence-electron chi connectivity index (χ2n) is 4.96. The minimum Gasteiger partial charge on any atom is -0.493 e. The quantitative estimate of drug-likeness (QED) is 0.904. The largest absolute Gasteiger partial charge is 0.493 e. The molecule has 1 aromatic carbocycles. The lowest BCUT2D eigenvalue weighted by atomic mass is 10.1. The summed E-state index contributed by atoms with van der Waals surface area (Å²) < 4.78 is 6.78. The van der Waals surface area contributed by atoms with E-state index in [9.17, 15) is 0 Å². The lowest BCUT2D eigenvalue weighted by Crippen LogP contribution is -2.06. The van der Waals surface area contributed by atoms with E-state index in [-0.39, 0.29) is 0 Å². The molecule has 0 saturated carbocycles. The Hall–Kier alpha value is -1.75. The van der Waals surface area contributed by atoms with Crippen LogP contribution >= 0.6 is 15.9 Å². The fourth-order valence-corrected chi connectivity index (χ4v) is 2.95. The molecule has 0 atom stereocenters. The number of nitrogens with one attached hydrogen (secondary N) is 1. The zero-order valence-corrected chi connectivity index (χ0v) is 12.8. The van der Waals surface area contributed by atoms with Crippen LogP contribution in [-0.4, -0.2) is 11.6 Å². The van der Waals surface area contributed by atoms with Gasteiger partial charge in [0, 0.05) is 29.2 Å². The van der Waals surface area contributed by atoms with Gasteiger partial charge in [0.15, 0.2) is 0 Å². The van der Waals surface area contributed by atoms with E-state index in [0.29, 0.717) is 18.1 Å². The van der Waals surface area contributed by atoms with E-state index in [1.165, 1.54) is 5.56 Å². The molecule has 1 aliphatic heterocycles. The first-order valence-electron chi connectivity index (χ1n) is 6.53. The predicted octanol–water partition coefficient (Wildman–Crippen LogP) is 3.28. The number of pyridine rings is 1. The minimum atomic E-state index is 0.641. The number of nitrogens with two attached hydrogens (primary N) is 1. The monoisotopic (exact) mass is 333 g/mol. The van der Waals surface area contributed by atoms with Crippen molar-refractivity contribution in [2.75, 3.05) is 17.7 Å². The van der Waals surface area contributed by atoms with Gasteiger partial charge in [0.05, 0.1) is 12.3 Å². The predicted molar refractivity (Wildman–Crippen MR) is 84.1 cm³/mol. The summed E-state index contributed by atoms with van der Waals surface area (Å²) in [4.78, 5) is 4.32. The maximum atomic E-state index is 5.96. The van der Waals surface area contributed by atoms with Gasteiger partial charge in [-0.1, -0.05) is 15.9 Å². The number of nitrogen functional groups attached to an aromatic ring is 1. The summed E-state index contributed by atoms with van der Waals surface area (Å²) in [5.74, 6) is 1.70. The Labute approximate surface area is 126 Å². The third-order valence-electron chi connectivity index (χ3n) is 3.33. The number of aryl methyl sites for hydroxylation is 1. The first kappa shape index (κ1) is 13.2. The standard InChI is InChI=1S/C15H16BrN3O/c1-9-4-13(17)15(18-7-9)19-8-11-6-12(16)5-10-2-3-20-14(10)11/h4-7H,2-3,8,17H2,1H3,(H,18,19). The number of aromatic nitrogens is 1. The molecule has 3 rings (SSSR count). The fourth-order valence-electron chi connectivity index (χ4n) is 2.40. The number of halogens is 1. The lowest BCUT2D eigenvalue weighted by molar-refractivity contribution is 0.354. The molecule has 0 amide bonds. The molecule has 0 bridgehead atoms. The van der Waals surface area contributed by atoms with Crippen LogP contribution in [-0.2, 0) is 13.0 Å². The SMILES string of the molecule is Cc1cnc(NCc2cc(Br)cc3c2OCC3)c(N)c1. The van der Waals surface area contributed by atoms with E-state index < -0.39 is 0 Å². The zero-order chi connectivity index (χ0) is 14.1. The van der Waals surface area contributed by atoms with Gasteiger partial charge in [-0.3, -0.25) is 0 Å². The number of rotatable bonds is 3. The highest BCUT2D eigenvalue weighted by molar-refractivity contribution is 9.10. The van der Waals surface area contributed by atoms with Gasteiger partial charge in [-0.25, -0.2) is 4.98 Å². The van der Waals surface area contributed by atoms with Crippen molar-refractivity contribution in [3.63, 3.8) is 0 Å². The van der Waals surface area contributed by atoms with Crippen molar-refractivity contribution < 1.29 is 4.74 Å². The van der Waals surface area contributed by atoms with E-state index in [1.807, 2.05) is 13.0 Å². The number of nitrogens with zero attached hydrogens (tertiary/aromatic N) is 1. The summed E-state index contributed by atoms with van der Waals surface area (Å²) in [6.07, 6.45) is 2.77. The van der Waals surface area contributed by atoms with Crippen molar-refractivity contribution in [3.8, 4) is 5.75 Å². The van der Waals surface area contributed by atoms with Gasteiger partial charge in [0.2, 0.25) is 0 Å². The minimum absolute atomic E-state index is 0.641. The van der Waals surface area contributed by atoms with Crippen LogP contribution in [0.2, 0.25) is 0 Å². The zero-order valence-electron chi connectivity index (χ0n) is 11.2. The molecule has 0 spiro atoms. The van der Waals surface area contributed by atoms with Crippen molar-refractivity contribution in [2.24, 2.45) is 0 Å². The molecule has 104 valence electrons. The summed E-state index contributed by atoms with van der Waals surface area (Å²) in [5.41, 5.74) is 10.1. The van der Waals surface area contributed by atoms with Gasteiger partial charge in [-0.05, 0) is 36.2 Å². The smallest absolute Gasteiger partial charge is 0.149 e. The molecule has 20 heavy (non-hydrogen) atoms. The van der Waals surface area contributed by atoms with Gasteiger partial charge in [-0.2, -0.15) is 0 Å². The third-order valence-corrected chi connectivity index (χ3v) is 3.78. The topological polar surface area (TPSA) is 60.2 Å². The van der Waals surface area contributed by atoms with Crippen LogP contribution in [0.4, 0.5) is 11.5 Å². The van der Waals surface area contributed by atoms with E-state index in [2.05, 4.69) is 38.4 Å². The number of hydrogen-bond acceptors (Lipinski definition) is 4. The van der Waals surface area contributed by atoms with Crippen LogP contribution in [0.3, 0.4) is 0 Å². The summed E-state index contributed by atoms with van der Waals surface area (Å²) in [5, 5.41) is 3.28. The molecule has 0 unspecified atom stereocenters. The van der Waals surface area contributed by atoms with Crippen LogP contribution in [0.25, 0.3) is 0 Å². The summed E-state index contributed by atoms with van der Waals surface area (Å²) in [6.45, 7) is 3.37. The first-order valence-corrected chi connectivity index (χ1v) is 7.33. The van der Waals surface area contributed by atoms with E-state index in [4.69, 9.17) is 10.5 Å². The maximum absolute atomic E-state index is 5.96. The third kappa shape index (κ3) is 2.58. The molecule has 1 aliphatic rings. The Kier molecular flexibility index (Phi) is 3.53. The van der Waals surface area contributed by atoms with Crippen molar-refractivity contribution in [1.29, 1.82) is 0 Å². The second kappa shape index (κ2) is 5.32. The van der Waals surface area contributed by atoms with E-state index in [0.717, 1.165) is 34.4 Å². The number of benzene rings is 1. The highest BCUT2D eigenvalue weighted by Crippen LogP contribution is 2.33. The number of fused-ring (bicyclic) bond motifs is 1. The molecule has 5 heteroatoms. The molecular formula is C15H16BrN3O. The van der Waals surface area contributed by atoms with Gasteiger partial charge >= 0.3 is 0 Å². The van der Waals surface area contributed by atoms with Gasteiger partial charge in [0.25, 0.3) is 0 Å². The molecule has 0 fully saturated rings. The Morgan fingerprint density at radius 3 is 3.05 bits per heavy atom. The van der Waals surface area contributed by atoms with Crippen molar-refractivity contribution >= 4 is 27.4 Å². The Bertz CT molecular complexity index is 658. The van der Waals surface area contributed by atoms with Crippen LogP contribution in [0.15, 0.2) is 28.9 Å². The summed E-state index contributed by atoms with van der Waals surface area (Å²) >= 11 is 3.54. The molecule has 4 nitrogen and oxygen atoms in total. The average molecular weight is 334 g/mol. The van der Waals surface area contributed by atoms with Crippen LogP contribution < -0.4 is 15.8 Å². The molecule has 3 N–H and O–H groups in total. The van der Waals surface area contributed by atoms with Crippen LogP contribution in [0, 0.1) is 6.92 Å². The van der Waals surface area contributed by atoms with Crippen molar-refractivity contribution in [2.45, 2.75) is 19.9 Å². The van der Waals surface area contributed by atoms with Gasteiger partial charge < -0.3 is 15.8 Å². The first-order chi connectivity index (χ1) is 9.63. The lowest BCUT2D eigenvalue weighted by Gasteiger charge is -2.12. The molecular weight excluding hydrogens is 318 g/mol. The fraction of sp³-hybridized carbons (Fsp3) is 0.267. The van der Waals surface area contributed by atoms with Gasteiger partial charge in [-0.15, -0.1) is 0 Å². The molecule has 2 aromatic rings. The normalized spacial score (nSPS) is 12.9. The highest BCUT2D eigenvalue weighted by Gasteiger charge is 2.17. The molecule has 1 aromatic heterocycles. The van der Waals surface area contributed by atoms with Gasteiger partial charge in [0.1, 0.15) is 11.6 Å². The number of ether oxygens (including phenoxy) is 1. The van der Waals surface area contributed by atoms with Crippen molar-refractivity contribution in [1.82, 2.24) is 4.98 Å². The maximum Gasteiger partial charge on any atom is 0.149 e. The Morgan fingerprint density at radius 2 is 2.25 bits per heavy atom. The van der Waals surface area contributed by atoms with E-state index in [1.54, 1.807) is 6.20 Å². The number of anilines is 2. The highest BCUT2D eigenvalue weighted by atomic mass is 79.9. The average Bonchev–Trinajstić information content (AvgIpc) is 2.85. The Balaban J connectivity index is 1.82. The second-order valence-corrected chi connectivity index (χ2v) is 5.87. The summed E-state index contributed by atoms with van der Waals surface area (Å²) in [7, 11) is 0. The Morgan fingerprint density at radius 1 is 1.40 bits per heavy atom.